The van der Waals surface area contributed by atoms with Crippen LogP contribution in [-0.2, 0) is 10.1 Å². The molecule has 0 spiro atoms. The lowest BCUT2D eigenvalue weighted by atomic mass is 10.2. The third-order valence-corrected chi connectivity index (χ3v) is 3.58. The van der Waals surface area contributed by atoms with Crippen molar-refractivity contribution < 1.29 is 30.0 Å². The quantitative estimate of drug-likeness (QED) is 0.542. The summed E-state index contributed by atoms with van der Waals surface area (Å²) in [5.41, 5.74) is 0.107. The van der Waals surface area contributed by atoms with Gasteiger partial charge in [0, 0.05) is 10.5 Å². The molecule has 0 saturated heterocycles. The molecule has 0 fully saturated rings. The van der Waals surface area contributed by atoms with Crippen LogP contribution in [0.5, 0.6) is 0 Å². The third kappa shape index (κ3) is 2.98. The Bertz CT molecular complexity index is 522. The predicted molar refractivity (Wildman–Crippen MR) is 53.4 cm³/mol. The van der Waals surface area contributed by atoms with Crippen LogP contribution in [-0.4, -0.2) is 13.0 Å². The van der Waals surface area contributed by atoms with Gasteiger partial charge in [-0.1, -0.05) is 15.9 Å². The molecule has 0 saturated carbocycles. The monoisotopic (exact) mass is 356 g/mol. The van der Waals surface area contributed by atoms with Crippen LogP contribution in [0.1, 0.15) is 5.56 Å². The Hall–Kier alpha value is -0.490. The van der Waals surface area contributed by atoms with E-state index in [1.807, 2.05) is 0 Å². The lowest BCUT2D eigenvalue weighted by Gasteiger charge is -2.00. The second-order valence-electron chi connectivity index (χ2n) is 2.60. The fourth-order valence-electron chi connectivity index (χ4n) is 1.06. The van der Waals surface area contributed by atoms with E-state index in [9.17, 15) is 8.42 Å². The van der Waals surface area contributed by atoms with E-state index in [-0.39, 0.29) is 22.7 Å². The summed E-state index contributed by atoms with van der Waals surface area (Å²) in [4.78, 5) is 2.38. The number of halogens is 2. The molecule has 1 aromatic rings. The van der Waals surface area contributed by atoms with Gasteiger partial charge in [0.1, 0.15) is 0 Å². The van der Waals surface area contributed by atoms with Crippen molar-refractivity contribution >= 4 is 31.7 Å². The molecule has 0 heterocycles. The Morgan fingerprint density at radius 1 is 1.47 bits per heavy atom. The minimum atomic E-state index is -4.38. The SMILES string of the molecule is Cc1c(Br)ccc([N+]#N)c1S(=O)(=O)O.[Br-]. The highest BCUT2D eigenvalue weighted by Gasteiger charge is 2.28. The van der Waals surface area contributed by atoms with Crippen molar-refractivity contribution in [2.45, 2.75) is 11.8 Å². The first kappa shape index (κ1) is 14.5. The van der Waals surface area contributed by atoms with Gasteiger partial charge in [0.2, 0.25) is 5.39 Å². The first-order chi connectivity index (χ1) is 6.38. The fourth-order valence-corrected chi connectivity index (χ4v) is 2.39. The molecule has 1 rings (SSSR count). The summed E-state index contributed by atoms with van der Waals surface area (Å²) in [6.07, 6.45) is 0. The van der Waals surface area contributed by atoms with Gasteiger partial charge in [-0.2, -0.15) is 8.42 Å². The zero-order chi connectivity index (χ0) is 10.9. The van der Waals surface area contributed by atoms with Crippen molar-refractivity contribution in [3.8, 4) is 0 Å². The second-order valence-corrected chi connectivity index (χ2v) is 4.81. The molecular weight excluding hydrogens is 352 g/mol. The molecule has 5 nitrogen and oxygen atoms in total. The van der Waals surface area contributed by atoms with E-state index in [1.54, 1.807) is 0 Å². The van der Waals surface area contributed by atoms with Crippen molar-refractivity contribution in [1.82, 2.24) is 0 Å². The fraction of sp³-hybridized carbons (Fsp3) is 0.143. The molecule has 0 aliphatic heterocycles. The Morgan fingerprint density at radius 2 is 2.00 bits per heavy atom. The van der Waals surface area contributed by atoms with E-state index < -0.39 is 15.0 Å². The van der Waals surface area contributed by atoms with Gasteiger partial charge < -0.3 is 17.0 Å². The summed E-state index contributed by atoms with van der Waals surface area (Å²) in [7, 11) is -4.38. The lowest BCUT2D eigenvalue weighted by Crippen LogP contribution is -3.00. The number of hydrogen-bond donors (Lipinski definition) is 1. The summed E-state index contributed by atoms with van der Waals surface area (Å²) in [6.45, 7) is 1.49. The topological polar surface area (TPSA) is 82.5 Å². The van der Waals surface area contributed by atoms with Gasteiger partial charge in [0.15, 0.2) is 9.87 Å². The number of rotatable bonds is 1. The zero-order valence-electron chi connectivity index (χ0n) is 7.48. The molecule has 0 aliphatic rings. The van der Waals surface area contributed by atoms with E-state index in [0.717, 1.165) is 0 Å². The smallest absolute Gasteiger partial charge is 0.406 e. The normalized spacial score (nSPS) is 10.3. The van der Waals surface area contributed by atoms with E-state index in [0.29, 0.717) is 10.0 Å². The van der Waals surface area contributed by atoms with E-state index in [2.05, 4.69) is 20.9 Å². The molecule has 1 aromatic carbocycles. The van der Waals surface area contributed by atoms with Crippen molar-refractivity contribution in [3.05, 3.63) is 27.1 Å². The van der Waals surface area contributed by atoms with Crippen molar-refractivity contribution in [2.75, 3.05) is 0 Å². The summed E-state index contributed by atoms with van der Waals surface area (Å²) in [6, 6.07) is 2.80. The Morgan fingerprint density at radius 3 is 2.40 bits per heavy atom. The largest absolute Gasteiger partial charge is 1.00 e. The Labute approximate surface area is 106 Å². The van der Waals surface area contributed by atoms with E-state index in [4.69, 9.17) is 9.95 Å². The molecular formula is C7H6Br2N2O3S. The predicted octanol–water partition coefficient (Wildman–Crippen LogP) is -0.507. The first-order valence-electron chi connectivity index (χ1n) is 3.49. The molecule has 0 radical (unpaired) electrons. The van der Waals surface area contributed by atoms with Gasteiger partial charge in [0.05, 0.1) is 0 Å². The van der Waals surface area contributed by atoms with Gasteiger partial charge in [-0.25, -0.2) is 0 Å². The number of diazo groups is 1. The van der Waals surface area contributed by atoms with Crippen LogP contribution in [0.2, 0.25) is 0 Å². The molecule has 0 bridgehead atoms. The molecule has 1 N–H and O–H groups in total. The van der Waals surface area contributed by atoms with Crippen molar-refractivity contribution in [2.24, 2.45) is 0 Å². The van der Waals surface area contributed by atoms with Crippen LogP contribution >= 0.6 is 15.9 Å². The van der Waals surface area contributed by atoms with E-state index in [1.165, 1.54) is 19.1 Å². The van der Waals surface area contributed by atoms with Gasteiger partial charge in [-0.15, -0.1) is 0 Å². The van der Waals surface area contributed by atoms with Crippen molar-refractivity contribution in [1.29, 1.82) is 5.39 Å². The average Bonchev–Trinajstić information content (AvgIpc) is 2.07. The molecule has 0 unspecified atom stereocenters. The Kier molecular flexibility index (Phi) is 4.86. The van der Waals surface area contributed by atoms with Crippen molar-refractivity contribution in [3.63, 3.8) is 0 Å². The average molecular weight is 358 g/mol. The van der Waals surface area contributed by atoms with Gasteiger partial charge in [0.25, 0.3) is 0 Å². The zero-order valence-corrected chi connectivity index (χ0v) is 11.5. The number of benzene rings is 1. The van der Waals surface area contributed by atoms with Crippen LogP contribution in [0.3, 0.4) is 0 Å². The summed E-state index contributed by atoms with van der Waals surface area (Å²) >= 11 is 3.10. The molecule has 82 valence electrons. The minimum Gasteiger partial charge on any atom is -1.00 e. The van der Waals surface area contributed by atoms with Crippen LogP contribution in [0.25, 0.3) is 4.98 Å². The first-order valence-corrected chi connectivity index (χ1v) is 5.73. The van der Waals surface area contributed by atoms with Gasteiger partial charge >= 0.3 is 15.8 Å². The second kappa shape index (κ2) is 5.03. The van der Waals surface area contributed by atoms with Gasteiger partial charge in [-0.05, 0) is 18.6 Å². The van der Waals surface area contributed by atoms with E-state index >= 15 is 0 Å². The number of hydrogen-bond acceptors (Lipinski definition) is 3. The standard InChI is InChI=1S/C7H5BrN2O3S.BrH/c1-4-5(8)2-3-6(10-9)7(4)14(11,12)13;/h2-3H,1H3;1H. The summed E-state index contributed by atoms with van der Waals surface area (Å²) in [5.74, 6) is 0. The number of nitrogens with zero attached hydrogens (tertiary/aromatic N) is 2. The summed E-state index contributed by atoms with van der Waals surface area (Å²) in [5, 5.41) is 8.53. The molecule has 0 atom stereocenters. The maximum Gasteiger partial charge on any atom is 0.406 e. The molecule has 0 amide bonds. The molecule has 0 aliphatic carbocycles. The minimum absolute atomic E-state index is 0. The highest BCUT2D eigenvalue weighted by molar-refractivity contribution is 9.10. The highest BCUT2D eigenvalue weighted by Crippen LogP contribution is 2.32. The van der Waals surface area contributed by atoms with Crippen LogP contribution in [0, 0.1) is 12.3 Å². The molecule has 15 heavy (non-hydrogen) atoms. The maximum absolute atomic E-state index is 10.9. The lowest BCUT2D eigenvalue weighted by molar-refractivity contribution is -0.00000729. The third-order valence-electron chi connectivity index (χ3n) is 1.68. The molecule has 0 aromatic heterocycles. The van der Waals surface area contributed by atoms with Crippen LogP contribution in [0.4, 0.5) is 5.69 Å². The van der Waals surface area contributed by atoms with Crippen LogP contribution < -0.4 is 17.0 Å². The molecule has 8 heteroatoms. The maximum atomic E-state index is 10.9. The Balaban J connectivity index is 0.00000196. The van der Waals surface area contributed by atoms with Gasteiger partial charge in [-0.3, -0.25) is 4.55 Å². The highest BCUT2D eigenvalue weighted by atomic mass is 79.9. The summed E-state index contributed by atoms with van der Waals surface area (Å²) < 4.78 is 31.3. The van der Waals surface area contributed by atoms with Crippen LogP contribution in [0.15, 0.2) is 21.5 Å².